The Kier molecular flexibility index (Phi) is 3.66. The average molecular weight is 293 g/mol. The van der Waals surface area contributed by atoms with Gasteiger partial charge in [-0.2, -0.15) is 4.98 Å². The largest absolute Gasteiger partial charge is 0.394 e. The van der Waals surface area contributed by atoms with E-state index in [4.69, 9.17) is 10.5 Å². The molecule has 0 bridgehead atoms. The zero-order valence-corrected chi connectivity index (χ0v) is 11.8. The fourth-order valence-corrected chi connectivity index (χ4v) is 2.69. The summed E-state index contributed by atoms with van der Waals surface area (Å²) < 4.78 is 7.64. The second kappa shape index (κ2) is 5.47. The molecule has 1 saturated heterocycles. The van der Waals surface area contributed by atoms with E-state index in [1.54, 1.807) is 0 Å². The van der Waals surface area contributed by atoms with Gasteiger partial charge in [0.1, 0.15) is 6.23 Å². The lowest BCUT2D eigenvalue weighted by Gasteiger charge is -2.30. The van der Waals surface area contributed by atoms with Gasteiger partial charge in [0.2, 0.25) is 5.95 Å². The third-order valence-electron chi connectivity index (χ3n) is 3.71. The summed E-state index contributed by atoms with van der Waals surface area (Å²) in [6, 6.07) is 0. The first-order valence-electron chi connectivity index (χ1n) is 7.00. The van der Waals surface area contributed by atoms with Crippen LogP contribution < -0.4 is 16.6 Å². The summed E-state index contributed by atoms with van der Waals surface area (Å²) in [7, 11) is 0. The number of hydrogen-bond acceptors (Lipinski definition) is 6. The zero-order valence-electron chi connectivity index (χ0n) is 11.8. The van der Waals surface area contributed by atoms with Crippen LogP contribution in [0.1, 0.15) is 18.7 Å². The van der Waals surface area contributed by atoms with Gasteiger partial charge in [0.25, 0.3) is 5.56 Å². The number of hydrogen-bond donors (Lipinski definition) is 4. The Labute approximate surface area is 120 Å². The van der Waals surface area contributed by atoms with Crippen molar-refractivity contribution in [2.75, 3.05) is 25.4 Å². The molecular weight excluding hydrogens is 274 g/mol. The van der Waals surface area contributed by atoms with E-state index >= 15 is 0 Å². The first kappa shape index (κ1) is 14.1. The number of nitrogen functional groups attached to an aromatic ring is 1. The molecule has 8 nitrogen and oxygen atoms in total. The number of H-pyrrole nitrogens is 1. The fourth-order valence-electron chi connectivity index (χ4n) is 2.69. The van der Waals surface area contributed by atoms with Gasteiger partial charge in [-0.25, -0.2) is 0 Å². The molecule has 2 unspecified atom stereocenters. The third kappa shape index (κ3) is 2.41. The Morgan fingerprint density at radius 3 is 3.10 bits per heavy atom. The molecule has 3 rings (SSSR count). The second-order valence-electron chi connectivity index (χ2n) is 5.12. The van der Waals surface area contributed by atoms with Crippen LogP contribution >= 0.6 is 0 Å². The van der Waals surface area contributed by atoms with Crippen molar-refractivity contribution in [1.82, 2.24) is 19.9 Å². The van der Waals surface area contributed by atoms with Gasteiger partial charge in [-0.15, -0.1) is 0 Å². The maximum atomic E-state index is 12.1. The molecular formula is C13H19N5O3. The number of nitrogens with zero attached hydrogens (tertiary/aromatic N) is 2. The highest BCUT2D eigenvalue weighted by Crippen LogP contribution is 2.24. The van der Waals surface area contributed by atoms with Crippen molar-refractivity contribution in [1.29, 1.82) is 0 Å². The number of morpholine rings is 1. The highest BCUT2D eigenvalue weighted by atomic mass is 16.5. The van der Waals surface area contributed by atoms with E-state index in [0.29, 0.717) is 30.5 Å². The standard InChI is InChI=1S/C13H19N5O3/c1-2-7-5-18(9-4-15-3-8(6-19)21-9)11-10(7)12(20)17-13(14)16-11/h5,8-9,15,19H,2-4,6H2,1H3,(H3,14,16,17,20). The summed E-state index contributed by atoms with van der Waals surface area (Å²) >= 11 is 0. The molecule has 2 aromatic heterocycles. The van der Waals surface area contributed by atoms with Gasteiger partial charge in [-0.05, 0) is 12.0 Å². The molecule has 5 N–H and O–H groups in total. The van der Waals surface area contributed by atoms with Crippen LogP contribution in [-0.2, 0) is 11.2 Å². The minimum atomic E-state index is -0.326. The number of aromatic nitrogens is 3. The zero-order chi connectivity index (χ0) is 15.0. The lowest BCUT2D eigenvalue weighted by atomic mass is 10.2. The van der Waals surface area contributed by atoms with E-state index in [1.807, 2.05) is 17.7 Å². The predicted molar refractivity (Wildman–Crippen MR) is 78.0 cm³/mol. The van der Waals surface area contributed by atoms with Crippen LogP contribution in [-0.4, -0.2) is 45.4 Å². The van der Waals surface area contributed by atoms with Crippen LogP contribution in [0.3, 0.4) is 0 Å². The number of rotatable bonds is 3. The number of aliphatic hydroxyl groups is 1. The molecule has 21 heavy (non-hydrogen) atoms. The molecule has 3 heterocycles. The summed E-state index contributed by atoms with van der Waals surface area (Å²) in [5.74, 6) is 0.0805. The smallest absolute Gasteiger partial charge is 0.262 e. The van der Waals surface area contributed by atoms with Crippen LogP contribution in [0.5, 0.6) is 0 Å². The van der Waals surface area contributed by atoms with Crippen molar-refractivity contribution < 1.29 is 9.84 Å². The summed E-state index contributed by atoms with van der Waals surface area (Å²) in [5.41, 5.74) is 6.82. The van der Waals surface area contributed by atoms with E-state index in [0.717, 1.165) is 5.56 Å². The number of fused-ring (bicyclic) bond motifs is 1. The van der Waals surface area contributed by atoms with Gasteiger partial charge in [0, 0.05) is 19.3 Å². The Bertz CT molecular complexity index is 708. The topological polar surface area (TPSA) is 118 Å². The van der Waals surface area contributed by atoms with E-state index < -0.39 is 0 Å². The number of nitrogens with one attached hydrogen (secondary N) is 2. The maximum absolute atomic E-state index is 12.1. The Hall–Kier alpha value is -1.90. The number of aryl methyl sites for hydroxylation is 1. The molecule has 1 aliphatic heterocycles. The number of aromatic amines is 1. The minimum Gasteiger partial charge on any atom is -0.394 e. The van der Waals surface area contributed by atoms with Gasteiger partial charge in [-0.3, -0.25) is 9.78 Å². The summed E-state index contributed by atoms with van der Waals surface area (Å²) in [6.45, 7) is 3.10. The molecule has 0 radical (unpaired) electrons. The van der Waals surface area contributed by atoms with Crippen molar-refractivity contribution in [3.63, 3.8) is 0 Å². The lowest BCUT2D eigenvalue weighted by Crippen LogP contribution is -2.44. The summed E-state index contributed by atoms with van der Waals surface area (Å²) in [6.07, 6.45) is 1.98. The van der Waals surface area contributed by atoms with Gasteiger partial charge >= 0.3 is 0 Å². The molecule has 2 atom stereocenters. The molecule has 0 amide bonds. The number of nitrogens with two attached hydrogens (primary N) is 1. The van der Waals surface area contributed by atoms with Crippen molar-refractivity contribution in [2.45, 2.75) is 25.7 Å². The highest BCUT2D eigenvalue weighted by molar-refractivity contribution is 5.80. The molecule has 0 aliphatic carbocycles. The number of anilines is 1. The Morgan fingerprint density at radius 1 is 1.57 bits per heavy atom. The Morgan fingerprint density at radius 2 is 2.38 bits per heavy atom. The summed E-state index contributed by atoms with van der Waals surface area (Å²) in [4.78, 5) is 18.9. The van der Waals surface area contributed by atoms with E-state index in [9.17, 15) is 9.90 Å². The first-order valence-corrected chi connectivity index (χ1v) is 7.00. The van der Waals surface area contributed by atoms with E-state index in [-0.39, 0.29) is 30.4 Å². The predicted octanol–water partition coefficient (Wildman–Crippen LogP) is -0.651. The quantitative estimate of drug-likeness (QED) is 0.597. The fraction of sp³-hybridized carbons (Fsp3) is 0.538. The third-order valence-corrected chi connectivity index (χ3v) is 3.71. The van der Waals surface area contributed by atoms with Crippen molar-refractivity contribution >= 4 is 17.0 Å². The highest BCUT2D eigenvalue weighted by Gasteiger charge is 2.25. The first-order chi connectivity index (χ1) is 10.1. The Balaban J connectivity index is 2.12. The molecule has 0 spiro atoms. The molecule has 1 fully saturated rings. The number of aliphatic hydroxyl groups excluding tert-OH is 1. The monoisotopic (exact) mass is 293 g/mol. The molecule has 1 aliphatic rings. The van der Waals surface area contributed by atoms with Crippen molar-refractivity contribution in [3.05, 3.63) is 22.1 Å². The van der Waals surface area contributed by atoms with Crippen LogP contribution in [0.2, 0.25) is 0 Å². The molecule has 114 valence electrons. The minimum absolute atomic E-state index is 0.0561. The van der Waals surface area contributed by atoms with Crippen LogP contribution in [0, 0.1) is 0 Å². The van der Waals surface area contributed by atoms with E-state index in [1.165, 1.54) is 0 Å². The van der Waals surface area contributed by atoms with Crippen molar-refractivity contribution in [2.24, 2.45) is 0 Å². The average Bonchev–Trinajstić information content (AvgIpc) is 2.86. The van der Waals surface area contributed by atoms with E-state index in [2.05, 4.69) is 15.3 Å². The van der Waals surface area contributed by atoms with Gasteiger partial charge < -0.3 is 25.5 Å². The second-order valence-corrected chi connectivity index (χ2v) is 5.12. The van der Waals surface area contributed by atoms with Crippen LogP contribution in [0.4, 0.5) is 5.95 Å². The van der Waals surface area contributed by atoms with Crippen LogP contribution in [0.25, 0.3) is 11.0 Å². The van der Waals surface area contributed by atoms with Gasteiger partial charge in [-0.1, -0.05) is 6.92 Å². The van der Waals surface area contributed by atoms with Gasteiger partial charge in [0.15, 0.2) is 5.65 Å². The maximum Gasteiger partial charge on any atom is 0.262 e. The normalized spacial score (nSPS) is 22.8. The lowest BCUT2D eigenvalue weighted by molar-refractivity contribution is -0.0931. The molecule has 2 aromatic rings. The number of ether oxygens (including phenoxy) is 1. The SMILES string of the molecule is CCc1cn(C2CNCC(CO)O2)c2nc(N)[nH]c(=O)c12. The van der Waals surface area contributed by atoms with Crippen molar-refractivity contribution in [3.8, 4) is 0 Å². The molecule has 8 heteroatoms. The molecule has 0 aromatic carbocycles. The van der Waals surface area contributed by atoms with Crippen LogP contribution in [0.15, 0.2) is 11.0 Å². The summed E-state index contributed by atoms with van der Waals surface area (Å²) in [5, 5.41) is 13.0. The molecule has 0 saturated carbocycles. The van der Waals surface area contributed by atoms with Gasteiger partial charge in [0.05, 0.1) is 18.1 Å².